The van der Waals surface area contributed by atoms with E-state index in [1.54, 1.807) is 0 Å². The first kappa shape index (κ1) is 20.7. The molecular weight excluding hydrogens is 342 g/mol. The van der Waals surface area contributed by atoms with E-state index in [-0.39, 0.29) is 30.8 Å². The summed E-state index contributed by atoms with van der Waals surface area (Å²) in [5.74, 6) is 1.49. The van der Waals surface area contributed by atoms with Gasteiger partial charge >= 0.3 is 0 Å². The van der Waals surface area contributed by atoms with Crippen LogP contribution in [0.15, 0.2) is 11.8 Å². The molecule has 1 aliphatic heterocycles. The Hall–Kier alpha value is -1.07. The monoisotopic (exact) mass is 379 g/mol. The highest BCUT2D eigenvalue weighted by atomic mass is 16.7. The van der Waals surface area contributed by atoms with Gasteiger partial charge in [0.05, 0.1) is 0 Å². The van der Waals surface area contributed by atoms with Crippen molar-refractivity contribution >= 4 is 5.91 Å². The van der Waals surface area contributed by atoms with Gasteiger partial charge in [0, 0.05) is 25.2 Å². The Balaban J connectivity index is 1.75. The maximum atomic E-state index is 12.9. The van der Waals surface area contributed by atoms with Crippen LogP contribution in [0.5, 0.6) is 0 Å². The molecule has 154 valence electrons. The summed E-state index contributed by atoms with van der Waals surface area (Å²) in [4.78, 5) is 12.9. The Morgan fingerprint density at radius 1 is 1.19 bits per heavy atom. The fourth-order valence-electron chi connectivity index (χ4n) is 5.17. The van der Waals surface area contributed by atoms with Crippen molar-refractivity contribution in [2.75, 3.05) is 13.2 Å². The Labute approximate surface area is 163 Å². The van der Waals surface area contributed by atoms with Crippen LogP contribution >= 0.6 is 0 Å². The van der Waals surface area contributed by atoms with Crippen molar-refractivity contribution in [2.24, 2.45) is 17.8 Å². The van der Waals surface area contributed by atoms with E-state index in [2.05, 4.69) is 11.4 Å². The minimum absolute atomic E-state index is 0.0739. The number of aliphatic hydroxyl groups is 1. The first-order valence-corrected chi connectivity index (χ1v) is 11.1. The minimum atomic E-state index is -0.385. The van der Waals surface area contributed by atoms with Gasteiger partial charge in [0.2, 0.25) is 6.29 Å². The molecule has 0 aromatic heterocycles. The zero-order valence-corrected chi connectivity index (χ0v) is 16.8. The number of allylic oxidation sites excluding steroid dienone is 1. The second-order valence-electron chi connectivity index (χ2n) is 8.43. The first-order valence-electron chi connectivity index (χ1n) is 11.1. The number of hydrogen-bond acceptors (Lipinski definition) is 4. The molecule has 0 radical (unpaired) electrons. The van der Waals surface area contributed by atoms with Crippen LogP contribution < -0.4 is 5.32 Å². The minimum Gasteiger partial charge on any atom is -0.459 e. The molecule has 1 heterocycles. The van der Waals surface area contributed by atoms with Gasteiger partial charge in [-0.05, 0) is 63.4 Å². The summed E-state index contributed by atoms with van der Waals surface area (Å²) in [5, 5.41) is 12.5. The quantitative estimate of drug-likeness (QED) is 0.671. The van der Waals surface area contributed by atoms with Crippen molar-refractivity contribution in [1.82, 2.24) is 5.32 Å². The highest BCUT2D eigenvalue weighted by Crippen LogP contribution is 2.43. The van der Waals surface area contributed by atoms with Crippen molar-refractivity contribution in [3.05, 3.63) is 11.8 Å². The lowest BCUT2D eigenvalue weighted by Crippen LogP contribution is -2.43. The van der Waals surface area contributed by atoms with Crippen LogP contribution in [0.2, 0.25) is 0 Å². The van der Waals surface area contributed by atoms with E-state index in [1.165, 1.54) is 44.9 Å². The molecule has 1 amide bonds. The molecule has 27 heavy (non-hydrogen) atoms. The largest absolute Gasteiger partial charge is 0.459 e. The highest BCUT2D eigenvalue weighted by Gasteiger charge is 2.41. The van der Waals surface area contributed by atoms with Crippen LogP contribution in [0.4, 0.5) is 0 Å². The maximum absolute atomic E-state index is 12.9. The molecule has 0 aromatic carbocycles. The number of aliphatic hydroxyl groups excluding tert-OH is 1. The van der Waals surface area contributed by atoms with Gasteiger partial charge in [0.1, 0.15) is 0 Å². The summed E-state index contributed by atoms with van der Waals surface area (Å²) in [6.07, 6.45) is 14.1. The molecule has 2 N–H and O–H groups in total. The van der Waals surface area contributed by atoms with E-state index in [4.69, 9.17) is 9.47 Å². The first-order chi connectivity index (χ1) is 13.2. The van der Waals surface area contributed by atoms with Crippen LogP contribution in [0, 0.1) is 17.8 Å². The fraction of sp³-hybridized carbons (Fsp3) is 0.864. The topological polar surface area (TPSA) is 67.8 Å². The lowest BCUT2D eigenvalue weighted by Gasteiger charge is -2.39. The number of ether oxygens (including phenoxy) is 2. The Morgan fingerprint density at radius 3 is 2.56 bits per heavy atom. The van der Waals surface area contributed by atoms with Gasteiger partial charge < -0.3 is 19.9 Å². The Kier molecular flexibility index (Phi) is 8.01. The van der Waals surface area contributed by atoms with Crippen LogP contribution in [-0.4, -0.2) is 36.6 Å². The molecule has 0 saturated heterocycles. The number of rotatable bonds is 8. The van der Waals surface area contributed by atoms with Crippen LogP contribution in [0.3, 0.4) is 0 Å². The molecule has 0 aromatic rings. The molecule has 0 spiro atoms. The second kappa shape index (κ2) is 10.5. The average Bonchev–Trinajstić information content (AvgIpc) is 3.22. The number of hydrogen-bond donors (Lipinski definition) is 2. The van der Waals surface area contributed by atoms with E-state index in [1.807, 2.05) is 6.92 Å². The summed E-state index contributed by atoms with van der Waals surface area (Å²) in [5.41, 5.74) is 0. The maximum Gasteiger partial charge on any atom is 0.286 e. The summed E-state index contributed by atoms with van der Waals surface area (Å²) >= 11 is 0. The van der Waals surface area contributed by atoms with Crippen molar-refractivity contribution in [2.45, 2.75) is 89.9 Å². The highest BCUT2D eigenvalue weighted by molar-refractivity contribution is 5.91. The fourth-order valence-corrected chi connectivity index (χ4v) is 5.17. The predicted octanol–water partition coefficient (Wildman–Crippen LogP) is 3.91. The zero-order chi connectivity index (χ0) is 19.1. The predicted molar refractivity (Wildman–Crippen MR) is 105 cm³/mol. The van der Waals surface area contributed by atoms with Crippen LogP contribution in [0.1, 0.15) is 77.6 Å². The molecule has 3 atom stereocenters. The van der Waals surface area contributed by atoms with Gasteiger partial charge in [-0.3, -0.25) is 4.79 Å². The van der Waals surface area contributed by atoms with Crippen LogP contribution in [0.25, 0.3) is 0 Å². The second-order valence-corrected chi connectivity index (χ2v) is 8.43. The van der Waals surface area contributed by atoms with E-state index in [0.29, 0.717) is 24.2 Å². The van der Waals surface area contributed by atoms with Gasteiger partial charge in [0.15, 0.2) is 5.76 Å². The lowest BCUT2D eigenvalue weighted by atomic mass is 9.76. The molecule has 3 rings (SSSR count). The number of carbonyl (C=O) groups excluding carboxylic acids is 1. The van der Waals surface area contributed by atoms with Crippen molar-refractivity contribution < 1.29 is 19.4 Å². The average molecular weight is 380 g/mol. The van der Waals surface area contributed by atoms with Crippen molar-refractivity contribution in [1.29, 1.82) is 0 Å². The van der Waals surface area contributed by atoms with Gasteiger partial charge in [-0.15, -0.1) is 0 Å². The van der Waals surface area contributed by atoms with E-state index >= 15 is 0 Å². The van der Waals surface area contributed by atoms with Crippen molar-refractivity contribution in [3.8, 4) is 0 Å². The number of carbonyl (C=O) groups is 1. The normalized spacial score (nSPS) is 30.0. The molecule has 0 unspecified atom stereocenters. The smallest absolute Gasteiger partial charge is 0.286 e. The van der Waals surface area contributed by atoms with E-state index in [0.717, 1.165) is 25.7 Å². The number of amides is 1. The van der Waals surface area contributed by atoms with Gasteiger partial charge in [0.25, 0.3) is 5.91 Å². The van der Waals surface area contributed by atoms with Gasteiger partial charge in [-0.2, -0.15) is 0 Å². The summed E-state index contributed by atoms with van der Waals surface area (Å²) in [6.45, 7) is 2.72. The van der Waals surface area contributed by atoms with Gasteiger partial charge in [-0.1, -0.05) is 32.1 Å². The van der Waals surface area contributed by atoms with Gasteiger partial charge in [-0.25, -0.2) is 0 Å². The third-order valence-corrected chi connectivity index (χ3v) is 6.57. The molecule has 5 heteroatoms. The lowest BCUT2D eigenvalue weighted by molar-refractivity contribution is -0.176. The number of nitrogens with one attached hydrogen (secondary N) is 1. The molecule has 2 saturated carbocycles. The Bertz CT molecular complexity index is 495. The SMILES string of the molecule is CCO[C@H]1OC(C(=O)NC2CCCCC2)=C[C@@H](C2CCCC2)[C@H]1CCCO. The summed E-state index contributed by atoms with van der Waals surface area (Å²) in [7, 11) is 0. The van der Waals surface area contributed by atoms with Crippen molar-refractivity contribution in [3.63, 3.8) is 0 Å². The summed E-state index contributed by atoms with van der Waals surface area (Å²) < 4.78 is 12.0. The molecular formula is C22H37NO4. The molecule has 3 aliphatic rings. The molecule has 5 nitrogen and oxygen atoms in total. The standard InChI is InChI=1S/C22H37NO4/c1-2-26-22-18(13-8-14-24)19(16-9-6-7-10-16)15-20(27-22)21(25)23-17-11-4-3-5-12-17/h15-19,22,24H,2-14H2,1H3,(H,23,25)/t18-,19+,22+/m1/s1. The molecule has 2 aliphatic carbocycles. The van der Waals surface area contributed by atoms with Crippen LogP contribution in [-0.2, 0) is 14.3 Å². The van der Waals surface area contributed by atoms with E-state index < -0.39 is 0 Å². The Morgan fingerprint density at radius 2 is 1.89 bits per heavy atom. The third-order valence-electron chi connectivity index (χ3n) is 6.57. The zero-order valence-electron chi connectivity index (χ0n) is 16.8. The molecule has 0 bridgehead atoms. The van der Waals surface area contributed by atoms with E-state index in [9.17, 15) is 9.90 Å². The summed E-state index contributed by atoms with van der Waals surface area (Å²) in [6, 6.07) is 0.276. The molecule has 2 fully saturated rings. The third kappa shape index (κ3) is 5.47.